The van der Waals surface area contributed by atoms with Crippen LogP contribution in [-0.2, 0) is 25.7 Å². The van der Waals surface area contributed by atoms with Crippen molar-refractivity contribution in [2.45, 2.75) is 159 Å². The van der Waals surface area contributed by atoms with Crippen molar-refractivity contribution in [3.8, 4) is 0 Å². The standard InChI is InChI=1S/C50H75N3O6/c1-13-26-53(31(4)33-16-14-32(29-51)15-17-33)43(52-12)42(56)50-25-24-48(10)34(41(50)40(30(2)3)35(54)27-50)18-19-37-47(9)22-21-38(59-39(55)28-45(5,6)44(57)58)46(7,8)36(47)20-23-49(37,48)11/h14-17,30,34,36-38,42,56H,4,13,18-29,51H2,1-3,5-12H3,(H,57,58)/b52-43-/t34?,36-,37+,38?,42+,47?,48+,49+,50+/m0/s1. The number of fused-ring (bicyclic) bond motifs is 7. The molecule has 1 aromatic rings. The molecule has 9 nitrogen and oxygen atoms in total. The summed E-state index contributed by atoms with van der Waals surface area (Å²) in [5.74, 6) is 0.302. The van der Waals surface area contributed by atoms with Gasteiger partial charge in [-0.25, -0.2) is 0 Å². The van der Waals surface area contributed by atoms with Crippen LogP contribution in [0.3, 0.4) is 0 Å². The van der Waals surface area contributed by atoms with Gasteiger partial charge in [-0.2, -0.15) is 0 Å². The van der Waals surface area contributed by atoms with Crippen molar-refractivity contribution in [3.63, 3.8) is 0 Å². The molecule has 1 aromatic carbocycles. The summed E-state index contributed by atoms with van der Waals surface area (Å²) in [5.41, 5.74) is 8.55. The molecule has 4 saturated carbocycles. The van der Waals surface area contributed by atoms with E-state index in [-0.39, 0.29) is 51.8 Å². The lowest BCUT2D eigenvalue weighted by Gasteiger charge is -2.72. The fourth-order valence-electron chi connectivity index (χ4n) is 14.1. The van der Waals surface area contributed by atoms with Crippen LogP contribution in [0.15, 0.2) is 47.0 Å². The number of Topliss-reactive ketones (excluding diaryl/α,β-unsaturated/α-hetero) is 1. The summed E-state index contributed by atoms with van der Waals surface area (Å²) >= 11 is 0. The van der Waals surface area contributed by atoms with E-state index < -0.39 is 28.9 Å². The van der Waals surface area contributed by atoms with Gasteiger partial charge < -0.3 is 25.6 Å². The fraction of sp³-hybridized carbons (Fsp3) is 0.720. The summed E-state index contributed by atoms with van der Waals surface area (Å²) in [6.45, 7) is 27.3. The number of aliphatic imine (C=N–C) groups is 1. The molecule has 0 bridgehead atoms. The first-order valence-electron chi connectivity index (χ1n) is 22.6. The van der Waals surface area contributed by atoms with E-state index in [2.05, 4.69) is 66.9 Å². The summed E-state index contributed by atoms with van der Waals surface area (Å²) in [7, 11) is 1.76. The van der Waals surface area contributed by atoms with E-state index in [0.717, 1.165) is 73.8 Å². The van der Waals surface area contributed by atoms with Crippen LogP contribution < -0.4 is 5.73 Å². The van der Waals surface area contributed by atoms with Crippen molar-refractivity contribution in [1.82, 2.24) is 4.90 Å². The van der Waals surface area contributed by atoms with E-state index in [1.165, 1.54) is 5.57 Å². The number of carbonyl (C=O) groups excluding carboxylic acids is 2. The zero-order chi connectivity index (χ0) is 43.7. The van der Waals surface area contributed by atoms with Crippen molar-refractivity contribution in [2.24, 2.45) is 66.9 Å². The molecule has 9 atom stereocenters. The van der Waals surface area contributed by atoms with Crippen molar-refractivity contribution < 1.29 is 29.3 Å². The second-order valence-corrected chi connectivity index (χ2v) is 21.5. The monoisotopic (exact) mass is 814 g/mol. The molecule has 326 valence electrons. The molecule has 6 rings (SSSR count). The predicted molar refractivity (Wildman–Crippen MR) is 235 cm³/mol. The fourth-order valence-corrected chi connectivity index (χ4v) is 14.1. The highest BCUT2D eigenvalue weighted by molar-refractivity contribution is 6.03. The Bertz CT molecular complexity index is 1890. The number of ketones is 1. The number of ether oxygens (including phenoxy) is 1. The minimum Gasteiger partial charge on any atom is -0.481 e. The number of esters is 1. The van der Waals surface area contributed by atoms with Crippen LogP contribution in [0.25, 0.3) is 5.70 Å². The van der Waals surface area contributed by atoms with Gasteiger partial charge in [0, 0.05) is 43.1 Å². The Morgan fingerprint density at radius 1 is 0.983 bits per heavy atom. The van der Waals surface area contributed by atoms with Gasteiger partial charge in [0.25, 0.3) is 0 Å². The summed E-state index contributed by atoms with van der Waals surface area (Å²) < 4.78 is 6.20. The smallest absolute Gasteiger partial charge is 0.309 e. The minimum absolute atomic E-state index is 0.00991. The maximum Gasteiger partial charge on any atom is 0.309 e. The second-order valence-electron chi connectivity index (χ2n) is 21.5. The van der Waals surface area contributed by atoms with E-state index in [1.54, 1.807) is 20.9 Å². The SMILES string of the molecule is C=C(c1ccc(CN)cc1)N(CCC)/C(=N\C)[C@@H](O)[C@@]12CC[C@]3(C)C(CC[C@@H]4C5(C)CCC(OC(=O)CC(C)(C)C(=O)O)C(C)(C)[C@@H]5CC[C@]43C)C1=C(C(C)C)C(=O)C2. The first kappa shape index (κ1) is 45.2. The highest BCUT2D eigenvalue weighted by atomic mass is 16.5. The highest BCUT2D eigenvalue weighted by Gasteiger charge is 2.71. The number of benzene rings is 1. The Kier molecular flexibility index (Phi) is 12.2. The molecule has 4 N–H and O–H groups in total. The number of hydrogen-bond donors (Lipinski definition) is 3. The van der Waals surface area contributed by atoms with Crippen molar-refractivity contribution in [2.75, 3.05) is 13.6 Å². The number of amidine groups is 1. The Morgan fingerprint density at radius 2 is 1.64 bits per heavy atom. The van der Waals surface area contributed by atoms with Crippen molar-refractivity contribution in [3.05, 3.63) is 53.1 Å². The average molecular weight is 814 g/mol. The number of hydrogen-bond acceptors (Lipinski definition) is 7. The Labute approximate surface area is 354 Å². The topological polar surface area (TPSA) is 143 Å². The van der Waals surface area contributed by atoms with Gasteiger partial charge in [0.1, 0.15) is 18.0 Å². The summed E-state index contributed by atoms with van der Waals surface area (Å²) in [6.07, 6.45) is 7.16. The largest absolute Gasteiger partial charge is 0.481 e. The molecule has 9 heteroatoms. The zero-order valence-electron chi connectivity index (χ0n) is 38.2. The quantitative estimate of drug-likeness (QED) is 0.108. The van der Waals surface area contributed by atoms with E-state index in [0.29, 0.717) is 43.6 Å². The van der Waals surface area contributed by atoms with Crippen LogP contribution >= 0.6 is 0 Å². The molecule has 4 fully saturated rings. The third-order valence-electron chi connectivity index (χ3n) is 17.4. The Hall–Kier alpha value is -3.30. The van der Waals surface area contributed by atoms with Gasteiger partial charge in [0.05, 0.1) is 11.8 Å². The Morgan fingerprint density at radius 3 is 2.22 bits per heavy atom. The molecule has 0 heterocycles. The number of carboxylic acid groups (broad SMARTS) is 1. The van der Waals surface area contributed by atoms with Crippen LogP contribution in [0.1, 0.15) is 151 Å². The molecule has 0 aliphatic heterocycles. The molecule has 0 aromatic heterocycles. The van der Waals surface area contributed by atoms with E-state index in [1.807, 2.05) is 24.3 Å². The van der Waals surface area contributed by atoms with Crippen LogP contribution in [0.4, 0.5) is 0 Å². The second kappa shape index (κ2) is 15.9. The van der Waals surface area contributed by atoms with Gasteiger partial charge in [-0.05, 0) is 134 Å². The van der Waals surface area contributed by atoms with Crippen LogP contribution in [0.5, 0.6) is 0 Å². The number of rotatable bonds is 12. The third kappa shape index (κ3) is 7.06. The number of carboxylic acids is 1. The van der Waals surface area contributed by atoms with Gasteiger partial charge in [-0.1, -0.05) is 86.2 Å². The maximum atomic E-state index is 14.5. The number of aliphatic hydroxyl groups excluding tert-OH is 1. The van der Waals surface area contributed by atoms with Crippen LogP contribution in [-0.4, -0.2) is 64.5 Å². The summed E-state index contributed by atoms with van der Waals surface area (Å²) in [6, 6.07) is 8.12. The molecule has 3 unspecified atom stereocenters. The molecule has 5 aliphatic rings. The lowest BCUT2D eigenvalue weighted by Crippen LogP contribution is -2.66. The molecule has 0 radical (unpaired) electrons. The van der Waals surface area contributed by atoms with Gasteiger partial charge in [0.2, 0.25) is 0 Å². The predicted octanol–water partition coefficient (Wildman–Crippen LogP) is 9.61. The highest BCUT2D eigenvalue weighted by Crippen LogP contribution is 2.77. The van der Waals surface area contributed by atoms with E-state index in [9.17, 15) is 24.6 Å². The molecule has 59 heavy (non-hydrogen) atoms. The van der Waals surface area contributed by atoms with Crippen LogP contribution in [0, 0.1) is 56.2 Å². The molecular weight excluding hydrogens is 739 g/mol. The zero-order valence-corrected chi connectivity index (χ0v) is 38.2. The number of nitrogens with two attached hydrogens (primary N) is 1. The number of allylic oxidation sites excluding steroid dienone is 1. The van der Waals surface area contributed by atoms with Crippen molar-refractivity contribution in [1.29, 1.82) is 0 Å². The average Bonchev–Trinajstić information content (AvgIpc) is 3.48. The number of aliphatic hydroxyl groups is 1. The minimum atomic E-state index is -1.18. The number of aliphatic carboxylic acids is 1. The summed E-state index contributed by atoms with van der Waals surface area (Å²) in [5, 5.41) is 22.7. The van der Waals surface area contributed by atoms with E-state index in [4.69, 9.17) is 15.5 Å². The molecule has 0 amide bonds. The molecular formula is C50H75N3O6. The van der Waals surface area contributed by atoms with Gasteiger partial charge >= 0.3 is 11.9 Å². The molecule has 0 spiro atoms. The normalized spacial score (nSPS) is 34.7. The first-order valence-corrected chi connectivity index (χ1v) is 22.6. The molecule has 0 saturated heterocycles. The summed E-state index contributed by atoms with van der Waals surface area (Å²) in [4.78, 5) is 46.4. The van der Waals surface area contributed by atoms with Gasteiger partial charge in [-0.15, -0.1) is 0 Å². The van der Waals surface area contributed by atoms with E-state index >= 15 is 0 Å². The molecule has 5 aliphatic carbocycles. The maximum absolute atomic E-state index is 14.5. The Balaban J connectivity index is 1.33. The van der Waals surface area contributed by atoms with Gasteiger partial charge in [0.15, 0.2) is 5.78 Å². The first-order chi connectivity index (χ1) is 27.5. The van der Waals surface area contributed by atoms with Crippen LogP contribution in [0.2, 0.25) is 0 Å². The van der Waals surface area contributed by atoms with Crippen molar-refractivity contribution >= 4 is 29.3 Å². The lowest BCUT2D eigenvalue weighted by atomic mass is 9.33. The number of carbonyl (C=O) groups is 3. The number of nitrogens with zero attached hydrogens (tertiary/aromatic N) is 2. The third-order valence-corrected chi connectivity index (χ3v) is 17.4. The van der Waals surface area contributed by atoms with Gasteiger partial charge in [-0.3, -0.25) is 19.4 Å². The lowest BCUT2D eigenvalue weighted by molar-refractivity contribution is -0.234.